The Morgan fingerprint density at radius 3 is 2.85 bits per heavy atom. The van der Waals surface area contributed by atoms with Crippen molar-refractivity contribution in [2.45, 2.75) is 18.8 Å². The summed E-state index contributed by atoms with van der Waals surface area (Å²) >= 11 is 0. The number of piperidine rings is 1. The van der Waals surface area contributed by atoms with Crippen molar-refractivity contribution >= 4 is 12.0 Å². The van der Waals surface area contributed by atoms with Crippen molar-refractivity contribution in [3.05, 3.63) is 42.0 Å². The monoisotopic (exact) mass is 369 g/mol. The second-order valence-electron chi connectivity index (χ2n) is 6.65. The van der Waals surface area contributed by atoms with Gasteiger partial charge in [0.05, 0.1) is 7.11 Å². The van der Waals surface area contributed by atoms with Crippen LogP contribution in [0.15, 0.2) is 30.6 Å². The van der Waals surface area contributed by atoms with E-state index < -0.39 is 0 Å². The molecule has 0 spiro atoms. The third kappa shape index (κ3) is 3.77. The predicted molar refractivity (Wildman–Crippen MR) is 100 cm³/mol. The van der Waals surface area contributed by atoms with Crippen molar-refractivity contribution in [1.82, 2.24) is 14.9 Å². The maximum Gasteiger partial charge on any atom is 0.246 e. The number of hydrogen-bond donors (Lipinski definition) is 1. The highest BCUT2D eigenvalue weighted by atomic mass is 16.6. The van der Waals surface area contributed by atoms with Crippen molar-refractivity contribution in [3.63, 3.8) is 0 Å². The molecule has 142 valence electrons. The number of nitrogens with zero attached hydrogens (tertiary/aromatic N) is 2. The molecule has 2 aromatic rings. The predicted octanol–water partition coefficient (Wildman–Crippen LogP) is 2.61. The average molecular weight is 369 g/mol. The number of hydrogen-bond acceptors (Lipinski definition) is 5. The summed E-state index contributed by atoms with van der Waals surface area (Å²) in [6.07, 6.45) is 8.87. The lowest BCUT2D eigenvalue weighted by molar-refractivity contribution is -0.127. The summed E-state index contributed by atoms with van der Waals surface area (Å²) in [4.78, 5) is 21.9. The van der Waals surface area contributed by atoms with E-state index in [1.165, 1.54) is 0 Å². The molecule has 0 bridgehead atoms. The van der Waals surface area contributed by atoms with Gasteiger partial charge in [0.25, 0.3) is 0 Å². The minimum absolute atomic E-state index is 0.0155. The van der Waals surface area contributed by atoms with Gasteiger partial charge in [-0.25, -0.2) is 4.98 Å². The van der Waals surface area contributed by atoms with Gasteiger partial charge in [-0.3, -0.25) is 4.79 Å². The number of aromatic nitrogens is 2. The van der Waals surface area contributed by atoms with Crippen molar-refractivity contribution in [3.8, 4) is 17.2 Å². The van der Waals surface area contributed by atoms with Gasteiger partial charge in [-0.05, 0) is 36.6 Å². The first kappa shape index (κ1) is 17.5. The number of ether oxygens (including phenoxy) is 3. The number of rotatable bonds is 4. The summed E-state index contributed by atoms with van der Waals surface area (Å²) in [7, 11) is 1.59. The van der Waals surface area contributed by atoms with Crippen LogP contribution in [0.3, 0.4) is 0 Å². The molecule has 1 saturated heterocycles. The van der Waals surface area contributed by atoms with Crippen LogP contribution in [-0.4, -0.2) is 54.2 Å². The Morgan fingerprint density at radius 1 is 1.30 bits per heavy atom. The Balaban J connectivity index is 1.40. The van der Waals surface area contributed by atoms with Crippen LogP contribution in [0.25, 0.3) is 6.08 Å². The van der Waals surface area contributed by atoms with Crippen LogP contribution in [-0.2, 0) is 4.79 Å². The van der Waals surface area contributed by atoms with Crippen LogP contribution in [0.2, 0.25) is 0 Å². The molecule has 0 unspecified atom stereocenters. The quantitative estimate of drug-likeness (QED) is 0.839. The molecule has 1 amide bonds. The molecular formula is C20H23N3O4. The number of fused-ring (bicyclic) bond motifs is 1. The van der Waals surface area contributed by atoms with Crippen LogP contribution in [0.1, 0.15) is 30.1 Å². The van der Waals surface area contributed by atoms with Crippen LogP contribution >= 0.6 is 0 Å². The molecule has 1 fully saturated rings. The number of aromatic amines is 1. The molecule has 0 aliphatic carbocycles. The molecule has 2 aliphatic rings. The molecule has 1 N–H and O–H groups in total. The number of methoxy groups -OCH3 is 1. The molecule has 2 aliphatic heterocycles. The Labute approximate surface area is 157 Å². The minimum atomic E-state index is 0.0155. The number of nitrogens with one attached hydrogen (secondary N) is 1. The van der Waals surface area contributed by atoms with E-state index in [9.17, 15) is 4.79 Å². The van der Waals surface area contributed by atoms with Gasteiger partial charge in [0.15, 0.2) is 11.5 Å². The maximum atomic E-state index is 12.5. The summed E-state index contributed by atoms with van der Waals surface area (Å²) in [5.41, 5.74) is 0.843. The van der Waals surface area contributed by atoms with E-state index in [1.807, 2.05) is 23.2 Å². The summed E-state index contributed by atoms with van der Waals surface area (Å²) in [6.45, 7) is 2.48. The number of carbonyl (C=O) groups excluding carboxylic acids is 1. The third-order valence-corrected chi connectivity index (χ3v) is 4.98. The van der Waals surface area contributed by atoms with Gasteiger partial charge in [-0.1, -0.05) is 0 Å². The van der Waals surface area contributed by atoms with Gasteiger partial charge in [-0.15, -0.1) is 0 Å². The number of H-pyrrole nitrogens is 1. The van der Waals surface area contributed by atoms with E-state index in [1.54, 1.807) is 25.5 Å². The summed E-state index contributed by atoms with van der Waals surface area (Å²) in [6, 6.07) is 3.71. The van der Waals surface area contributed by atoms with E-state index in [2.05, 4.69) is 9.97 Å². The third-order valence-electron chi connectivity index (χ3n) is 4.98. The molecule has 0 radical (unpaired) electrons. The van der Waals surface area contributed by atoms with Gasteiger partial charge in [0.1, 0.15) is 19.0 Å². The second kappa shape index (κ2) is 7.73. The number of benzene rings is 1. The molecular weight excluding hydrogens is 346 g/mol. The number of carbonyl (C=O) groups is 1. The van der Waals surface area contributed by atoms with Gasteiger partial charge in [0, 0.05) is 37.5 Å². The first-order valence-corrected chi connectivity index (χ1v) is 9.18. The largest absolute Gasteiger partial charge is 0.493 e. The van der Waals surface area contributed by atoms with E-state index in [-0.39, 0.29) is 5.91 Å². The van der Waals surface area contributed by atoms with E-state index in [0.29, 0.717) is 36.4 Å². The minimum Gasteiger partial charge on any atom is -0.493 e. The summed E-state index contributed by atoms with van der Waals surface area (Å²) < 4.78 is 16.6. The van der Waals surface area contributed by atoms with Crippen LogP contribution in [0.4, 0.5) is 0 Å². The second-order valence-corrected chi connectivity index (χ2v) is 6.65. The van der Waals surface area contributed by atoms with Crippen molar-refractivity contribution < 1.29 is 19.0 Å². The molecule has 0 atom stereocenters. The highest BCUT2D eigenvalue weighted by molar-refractivity contribution is 5.92. The molecule has 0 saturated carbocycles. The highest BCUT2D eigenvalue weighted by Crippen LogP contribution is 2.40. The number of likely N-dealkylation sites (tertiary alicyclic amines) is 1. The molecule has 7 nitrogen and oxygen atoms in total. The molecule has 7 heteroatoms. The molecule has 3 heterocycles. The number of amides is 1. The zero-order chi connectivity index (χ0) is 18.6. The summed E-state index contributed by atoms with van der Waals surface area (Å²) in [5.74, 6) is 3.30. The molecule has 4 rings (SSSR count). The molecule has 1 aromatic heterocycles. The smallest absolute Gasteiger partial charge is 0.246 e. The highest BCUT2D eigenvalue weighted by Gasteiger charge is 2.24. The van der Waals surface area contributed by atoms with E-state index in [4.69, 9.17) is 14.2 Å². The van der Waals surface area contributed by atoms with Crippen molar-refractivity contribution in [2.24, 2.45) is 0 Å². The number of imidazole rings is 1. The fourth-order valence-electron chi connectivity index (χ4n) is 3.54. The summed E-state index contributed by atoms with van der Waals surface area (Å²) in [5, 5.41) is 0. The lowest BCUT2D eigenvalue weighted by atomic mass is 9.96. The molecule has 1 aromatic carbocycles. The SMILES string of the molecule is COc1cc(/C=C\C(=O)N2CCC(c3ncc[nH]3)CC2)cc2c1OCCO2. The van der Waals surface area contributed by atoms with E-state index >= 15 is 0 Å². The van der Waals surface area contributed by atoms with Gasteiger partial charge >= 0.3 is 0 Å². The first-order chi connectivity index (χ1) is 13.2. The van der Waals surface area contributed by atoms with Crippen LogP contribution in [0.5, 0.6) is 17.2 Å². The average Bonchev–Trinajstić information content (AvgIpc) is 3.26. The fourth-order valence-corrected chi connectivity index (χ4v) is 3.54. The Morgan fingerprint density at radius 2 is 2.11 bits per heavy atom. The Bertz CT molecular complexity index is 807. The standard InChI is InChI=1S/C20H23N3O4/c1-25-16-12-14(13-17-19(16)27-11-10-26-17)2-3-18(24)23-8-4-15(5-9-23)20-21-6-7-22-20/h2-3,6-7,12-13,15H,4-5,8-11H2,1H3,(H,21,22)/b3-2-. The maximum absolute atomic E-state index is 12.5. The van der Waals surface area contributed by atoms with Crippen LogP contribution in [0, 0.1) is 0 Å². The Kier molecular flexibility index (Phi) is 5.00. The van der Waals surface area contributed by atoms with Gasteiger partial charge < -0.3 is 24.1 Å². The van der Waals surface area contributed by atoms with Gasteiger partial charge in [-0.2, -0.15) is 0 Å². The van der Waals surface area contributed by atoms with Crippen molar-refractivity contribution in [2.75, 3.05) is 33.4 Å². The lowest BCUT2D eigenvalue weighted by Crippen LogP contribution is -2.37. The zero-order valence-corrected chi connectivity index (χ0v) is 15.3. The Hall–Kier alpha value is -2.96. The normalized spacial score (nSPS) is 17.3. The zero-order valence-electron chi connectivity index (χ0n) is 15.3. The van der Waals surface area contributed by atoms with Gasteiger partial charge in [0.2, 0.25) is 11.7 Å². The topological polar surface area (TPSA) is 76.7 Å². The molecule has 27 heavy (non-hydrogen) atoms. The first-order valence-electron chi connectivity index (χ1n) is 9.18. The fraction of sp³-hybridized carbons (Fsp3) is 0.400. The van der Waals surface area contributed by atoms with E-state index in [0.717, 1.165) is 37.3 Å². The van der Waals surface area contributed by atoms with Crippen LogP contribution < -0.4 is 14.2 Å². The van der Waals surface area contributed by atoms with Crippen molar-refractivity contribution in [1.29, 1.82) is 0 Å². The lowest BCUT2D eigenvalue weighted by Gasteiger charge is -2.30.